The van der Waals surface area contributed by atoms with Crippen LogP contribution in [0.2, 0.25) is 0 Å². The Labute approximate surface area is 165 Å². The molecule has 0 spiro atoms. The zero-order chi connectivity index (χ0) is 21.6. The Bertz CT molecular complexity index is 1270. The van der Waals surface area contributed by atoms with E-state index in [9.17, 15) is 0 Å². The lowest BCUT2D eigenvalue weighted by molar-refractivity contribution is 0.122. The van der Waals surface area contributed by atoms with Crippen molar-refractivity contribution in [2.45, 2.75) is 0 Å². The molecule has 1 aromatic carbocycles. The van der Waals surface area contributed by atoms with Gasteiger partial charge >= 0.3 is 0 Å². The molecule has 3 N–H and O–H groups in total. The number of nitrogens with zero attached hydrogens (tertiary/aromatic N) is 4. The number of morpholine rings is 1. The molecule has 1 saturated heterocycles. The Hall–Kier alpha value is -3.39. The molecule has 1 fully saturated rings. The lowest BCUT2D eigenvalue weighted by Gasteiger charge is -2.28. The summed E-state index contributed by atoms with van der Waals surface area (Å²) in [5, 5.41) is 3.59. The maximum Gasteiger partial charge on any atom is 0.229 e. The minimum absolute atomic E-state index is 0.192. The second-order valence-corrected chi connectivity index (χ2v) is 6.57. The lowest BCUT2D eigenvalue weighted by Crippen LogP contribution is -2.36. The molecule has 5 rings (SSSR count). The molecule has 0 amide bonds. The zero-order valence-electron chi connectivity index (χ0n) is 18.0. The van der Waals surface area contributed by atoms with E-state index in [4.69, 9.17) is 19.0 Å². The minimum atomic E-state index is -2.39. The summed E-state index contributed by atoms with van der Waals surface area (Å²) in [5.74, 6) is 0.861. The predicted molar refractivity (Wildman–Crippen MR) is 110 cm³/mol. The van der Waals surface area contributed by atoms with Gasteiger partial charge in [0, 0.05) is 53.0 Å². The van der Waals surface area contributed by atoms with Gasteiger partial charge < -0.3 is 25.1 Å². The topological polar surface area (TPSA) is 102 Å². The summed E-state index contributed by atoms with van der Waals surface area (Å²) in [5.41, 5.74) is 8.92. The van der Waals surface area contributed by atoms with Crippen LogP contribution in [0, 0.1) is 0 Å². The average molecular weight is 379 g/mol. The number of aromatic nitrogens is 3. The molecule has 1 aliphatic heterocycles. The molecule has 0 atom stereocenters. The highest BCUT2D eigenvalue weighted by Gasteiger charge is 2.17. The third-order valence-corrected chi connectivity index (χ3v) is 4.89. The summed E-state index contributed by atoms with van der Waals surface area (Å²) >= 11 is 0. The lowest BCUT2D eigenvalue weighted by atomic mass is 10.1. The highest BCUT2D eigenvalue weighted by Crippen LogP contribution is 2.34. The average Bonchev–Trinajstić information content (AvgIpc) is 3.16. The number of hydrogen-bond acceptors (Lipinski definition) is 8. The third kappa shape index (κ3) is 2.78. The van der Waals surface area contributed by atoms with Crippen molar-refractivity contribution in [3.05, 3.63) is 36.7 Å². The normalized spacial score (nSPS) is 16.7. The number of fused-ring (bicyclic) bond motifs is 2. The van der Waals surface area contributed by atoms with Gasteiger partial charge in [-0.1, -0.05) is 0 Å². The Morgan fingerprint density at radius 2 is 2.04 bits per heavy atom. The van der Waals surface area contributed by atoms with E-state index in [1.54, 1.807) is 6.07 Å². The summed E-state index contributed by atoms with van der Waals surface area (Å²) < 4.78 is 33.9. The van der Waals surface area contributed by atoms with Gasteiger partial charge in [0.2, 0.25) is 5.89 Å². The van der Waals surface area contributed by atoms with Gasteiger partial charge in [-0.05, 0) is 24.3 Å². The van der Waals surface area contributed by atoms with E-state index in [0.717, 1.165) is 24.3 Å². The number of ether oxygens (including phenoxy) is 1. The van der Waals surface area contributed by atoms with Crippen LogP contribution in [-0.4, -0.2) is 48.2 Å². The highest BCUT2D eigenvalue weighted by molar-refractivity contribution is 6.01. The second kappa shape index (κ2) is 6.65. The molecular formula is C20H20N6O2. The van der Waals surface area contributed by atoms with Crippen LogP contribution in [0.1, 0.15) is 4.11 Å². The van der Waals surface area contributed by atoms with Crippen LogP contribution in [0.25, 0.3) is 33.3 Å². The molecule has 0 radical (unpaired) electrons. The van der Waals surface area contributed by atoms with Crippen molar-refractivity contribution in [1.29, 1.82) is 0 Å². The van der Waals surface area contributed by atoms with Gasteiger partial charge in [0.1, 0.15) is 17.2 Å². The Morgan fingerprint density at radius 1 is 1.14 bits per heavy atom. The minimum Gasteiger partial charge on any atom is -0.436 e. The van der Waals surface area contributed by atoms with E-state index < -0.39 is 6.98 Å². The number of pyridine rings is 2. The molecule has 8 heteroatoms. The zero-order valence-corrected chi connectivity index (χ0v) is 15.0. The smallest absolute Gasteiger partial charge is 0.229 e. The summed E-state index contributed by atoms with van der Waals surface area (Å²) in [7, 11) is 0. The number of anilines is 3. The number of oxazole rings is 1. The van der Waals surface area contributed by atoms with Gasteiger partial charge in [-0.2, -0.15) is 0 Å². The van der Waals surface area contributed by atoms with E-state index in [2.05, 4.69) is 25.2 Å². The first-order valence-corrected chi connectivity index (χ1v) is 8.93. The molecule has 0 aliphatic carbocycles. The van der Waals surface area contributed by atoms with Crippen LogP contribution in [0.4, 0.5) is 17.3 Å². The molecule has 4 heterocycles. The Balaban J connectivity index is 1.60. The molecule has 3 aromatic heterocycles. The van der Waals surface area contributed by atoms with Crippen molar-refractivity contribution in [3.63, 3.8) is 0 Å². The van der Waals surface area contributed by atoms with Crippen molar-refractivity contribution in [2.75, 3.05) is 49.2 Å². The molecule has 28 heavy (non-hydrogen) atoms. The molecule has 8 nitrogen and oxygen atoms in total. The number of rotatable bonds is 3. The van der Waals surface area contributed by atoms with Crippen LogP contribution < -0.4 is 16.0 Å². The summed E-state index contributed by atoms with van der Waals surface area (Å²) in [6.45, 7) is 0.665. The van der Waals surface area contributed by atoms with Crippen LogP contribution in [-0.2, 0) is 4.74 Å². The van der Waals surface area contributed by atoms with Crippen LogP contribution in [0.15, 0.2) is 41.1 Å². The number of benzene rings is 1. The van der Waals surface area contributed by atoms with E-state index in [0.29, 0.717) is 46.8 Å². The van der Waals surface area contributed by atoms with Gasteiger partial charge in [-0.15, -0.1) is 0 Å². The number of nitrogens with two attached hydrogens (primary N) is 1. The van der Waals surface area contributed by atoms with Crippen molar-refractivity contribution < 1.29 is 13.3 Å². The van der Waals surface area contributed by atoms with Crippen molar-refractivity contribution in [1.82, 2.24) is 15.0 Å². The molecule has 0 bridgehead atoms. The standard InChI is InChI=1S/C20H20N6O2/c1-22-19-14-10-23-18(21)9-13(14)15(11-24-19)20-25-16-8-12(2-3-17(16)28-20)26-4-6-27-7-5-26/h2-3,8-11H,4-7H2,1H3,(H2,21,23)(H,22,24)/i1D3. The summed E-state index contributed by atoms with van der Waals surface area (Å²) in [6, 6.07) is 7.55. The van der Waals surface area contributed by atoms with Crippen LogP contribution in [0.3, 0.4) is 0 Å². The second-order valence-electron chi connectivity index (χ2n) is 6.57. The van der Waals surface area contributed by atoms with E-state index in [1.807, 2.05) is 18.2 Å². The van der Waals surface area contributed by atoms with Gasteiger partial charge in [0.25, 0.3) is 0 Å². The quantitative estimate of drug-likeness (QED) is 0.560. The summed E-state index contributed by atoms with van der Waals surface area (Å²) in [4.78, 5) is 15.3. The maximum atomic E-state index is 7.48. The van der Waals surface area contributed by atoms with Crippen LogP contribution >= 0.6 is 0 Å². The van der Waals surface area contributed by atoms with E-state index in [1.165, 1.54) is 12.4 Å². The van der Waals surface area contributed by atoms with Crippen LogP contribution in [0.5, 0.6) is 0 Å². The van der Waals surface area contributed by atoms with Gasteiger partial charge in [-0.3, -0.25) is 0 Å². The first kappa shape index (κ1) is 13.7. The number of hydrogen-bond donors (Lipinski definition) is 2. The molecule has 142 valence electrons. The first-order chi connectivity index (χ1) is 14.9. The van der Waals surface area contributed by atoms with Crippen molar-refractivity contribution in [3.8, 4) is 11.5 Å². The third-order valence-electron chi connectivity index (χ3n) is 4.89. The first-order valence-electron chi connectivity index (χ1n) is 10.4. The van der Waals surface area contributed by atoms with Gasteiger partial charge in [0.05, 0.1) is 18.8 Å². The molecule has 4 aromatic rings. The molecule has 0 unspecified atom stereocenters. The predicted octanol–water partition coefficient (Wildman–Crippen LogP) is 2.90. The maximum absolute atomic E-state index is 7.48. The fourth-order valence-corrected chi connectivity index (χ4v) is 3.47. The van der Waals surface area contributed by atoms with E-state index in [-0.39, 0.29) is 5.82 Å². The number of nitrogen functional groups attached to an aromatic ring is 1. The van der Waals surface area contributed by atoms with Gasteiger partial charge in [0.15, 0.2) is 5.58 Å². The fraction of sp³-hybridized carbons (Fsp3) is 0.250. The van der Waals surface area contributed by atoms with Crippen molar-refractivity contribution in [2.24, 2.45) is 0 Å². The Kier molecular flexibility index (Phi) is 3.26. The van der Waals surface area contributed by atoms with Crippen molar-refractivity contribution >= 4 is 39.2 Å². The molecule has 0 saturated carbocycles. The molecular weight excluding hydrogens is 356 g/mol. The highest BCUT2D eigenvalue weighted by atomic mass is 16.5. The molecule has 1 aliphatic rings. The fourth-order valence-electron chi connectivity index (χ4n) is 3.47. The largest absolute Gasteiger partial charge is 0.436 e. The summed E-state index contributed by atoms with van der Waals surface area (Å²) in [6.07, 6.45) is 3.03. The van der Waals surface area contributed by atoms with E-state index >= 15 is 0 Å². The monoisotopic (exact) mass is 379 g/mol. The Morgan fingerprint density at radius 3 is 2.89 bits per heavy atom. The number of nitrogens with one attached hydrogen (secondary N) is 1. The van der Waals surface area contributed by atoms with Gasteiger partial charge in [-0.25, -0.2) is 15.0 Å². The SMILES string of the molecule is [2H]C([2H])([2H])Nc1ncc(-c2nc3cc(N4CCOCC4)ccc3o2)c2cc(N)ncc12.